The Balaban J connectivity index is 2.22. The van der Waals surface area contributed by atoms with Crippen LogP contribution in [0.2, 0.25) is 0 Å². The van der Waals surface area contributed by atoms with E-state index in [0.29, 0.717) is 12.6 Å². The van der Waals surface area contributed by atoms with Gasteiger partial charge in [-0.2, -0.15) is 0 Å². The number of methoxy groups -OCH3 is 2. The summed E-state index contributed by atoms with van der Waals surface area (Å²) in [5.74, 6) is 1.65. The molecule has 0 radical (unpaired) electrons. The summed E-state index contributed by atoms with van der Waals surface area (Å²) in [4.78, 5) is 4.74. The molecule has 2 N–H and O–H groups in total. The van der Waals surface area contributed by atoms with Gasteiger partial charge in [0, 0.05) is 37.3 Å². The molecule has 0 saturated carbocycles. The molecule has 0 bridgehead atoms. The predicted molar refractivity (Wildman–Crippen MR) is 85.0 cm³/mol. The van der Waals surface area contributed by atoms with Crippen molar-refractivity contribution in [3.05, 3.63) is 23.8 Å². The second kappa shape index (κ2) is 7.11. The molecule has 1 aromatic rings. The maximum absolute atomic E-state index is 6.06. The first kappa shape index (κ1) is 16.1. The molecule has 1 aromatic carbocycles. The Morgan fingerprint density at radius 2 is 2.10 bits per heavy atom. The first-order valence-electron chi connectivity index (χ1n) is 7.43. The van der Waals surface area contributed by atoms with Gasteiger partial charge in [0.1, 0.15) is 11.5 Å². The summed E-state index contributed by atoms with van der Waals surface area (Å²) in [6.45, 7) is 2.70. The number of rotatable bonds is 6. The number of likely N-dealkylation sites (N-methyl/N-ethyl adjacent to an activating group) is 1. The van der Waals surface area contributed by atoms with E-state index in [-0.39, 0.29) is 6.04 Å². The molecular formula is C16H27N3O2. The summed E-state index contributed by atoms with van der Waals surface area (Å²) < 4.78 is 10.8. The highest BCUT2D eigenvalue weighted by molar-refractivity contribution is 5.42. The number of benzene rings is 1. The number of hydrogen-bond donors (Lipinski definition) is 1. The fourth-order valence-corrected chi connectivity index (χ4v) is 3.04. The Hall–Kier alpha value is -1.30. The molecule has 2 unspecified atom stereocenters. The van der Waals surface area contributed by atoms with Gasteiger partial charge < -0.3 is 20.1 Å². The van der Waals surface area contributed by atoms with Gasteiger partial charge in [0.2, 0.25) is 0 Å². The molecule has 0 aliphatic carbocycles. The molecule has 1 heterocycles. The summed E-state index contributed by atoms with van der Waals surface area (Å²) in [5.41, 5.74) is 7.20. The summed E-state index contributed by atoms with van der Waals surface area (Å²) in [5, 5.41) is 0. The molecule has 5 heteroatoms. The number of nitrogens with two attached hydrogens (primary N) is 1. The Morgan fingerprint density at radius 3 is 2.62 bits per heavy atom. The highest BCUT2D eigenvalue weighted by Gasteiger charge is 2.30. The lowest BCUT2D eigenvalue weighted by Gasteiger charge is -2.29. The number of ether oxygens (including phenoxy) is 2. The number of nitrogens with zero attached hydrogens (tertiary/aromatic N) is 2. The lowest BCUT2D eigenvalue weighted by molar-refractivity contribution is 0.217. The van der Waals surface area contributed by atoms with Crippen molar-refractivity contribution < 1.29 is 9.47 Å². The van der Waals surface area contributed by atoms with Crippen molar-refractivity contribution in [3.63, 3.8) is 0 Å². The molecule has 1 aliphatic heterocycles. The largest absolute Gasteiger partial charge is 0.497 e. The molecule has 1 fully saturated rings. The predicted octanol–water partition coefficient (Wildman–Crippen LogP) is 1.34. The zero-order valence-corrected chi connectivity index (χ0v) is 13.5. The maximum Gasteiger partial charge on any atom is 0.127 e. The monoisotopic (exact) mass is 293 g/mol. The van der Waals surface area contributed by atoms with Crippen LogP contribution in [-0.2, 0) is 0 Å². The summed E-state index contributed by atoms with van der Waals surface area (Å²) in [7, 11) is 7.63. The fourth-order valence-electron chi connectivity index (χ4n) is 3.04. The minimum atomic E-state index is 0.191. The highest BCUT2D eigenvalue weighted by Crippen LogP contribution is 2.34. The molecule has 5 nitrogen and oxygen atoms in total. The molecule has 118 valence electrons. The zero-order valence-electron chi connectivity index (χ0n) is 13.5. The Morgan fingerprint density at radius 1 is 1.33 bits per heavy atom. The third-order valence-corrected chi connectivity index (χ3v) is 4.39. The van der Waals surface area contributed by atoms with Crippen LogP contribution in [0.3, 0.4) is 0 Å². The molecule has 2 rings (SSSR count). The molecule has 1 saturated heterocycles. The van der Waals surface area contributed by atoms with Crippen LogP contribution < -0.4 is 15.2 Å². The Kier molecular flexibility index (Phi) is 5.45. The minimum absolute atomic E-state index is 0.191. The molecule has 2 atom stereocenters. The van der Waals surface area contributed by atoms with E-state index in [9.17, 15) is 0 Å². The number of likely N-dealkylation sites (tertiary alicyclic amines) is 1. The second-order valence-corrected chi connectivity index (χ2v) is 5.76. The third-order valence-electron chi connectivity index (χ3n) is 4.39. The van der Waals surface area contributed by atoms with Gasteiger partial charge in [0.25, 0.3) is 0 Å². The van der Waals surface area contributed by atoms with E-state index in [1.165, 1.54) is 6.42 Å². The van der Waals surface area contributed by atoms with E-state index in [0.717, 1.165) is 30.2 Å². The normalized spacial score (nSPS) is 20.8. The van der Waals surface area contributed by atoms with E-state index >= 15 is 0 Å². The molecule has 0 aromatic heterocycles. The topological polar surface area (TPSA) is 51.0 Å². The van der Waals surface area contributed by atoms with Crippen molar-refractivity contribution in [1.82, 2.24) is 9.80 Å². The van der Waals surface area contributed by atoms with Gasteiger partial charge >= 0.3 is 0 Å². The first-order valence-corrected chi connectivity index (χ1v) is 7.43. The Bertz CT molecular complexity index is 465. The Labute approximate surface area is 127 Å². The summed E-state index contributed by atoms with van der Waals surface area (Å²) >= 11 is 0. The van der Waals surface area contributed by atoms with Crippen LogP contribution in [0, 0.1) is 0 Å². The number of hydrogen-bond acceptors (Lipinski definition) is 5. The lowest BCUT2D eigenvalue weighted by Crippen LogP contribution is -2.36. The van der Waals surface area contributed by atoms with Crippen molar-refractivity contribution in [1.29, 1.82) is 0 Å². The van der Waals surface area contributed by atoms with Crippen LogP contribution >= 0.6 is 0 Å². The minimum Gasteiger partial charge on any atom is -0.497 e. The van der Waals surface area contributed by atoms with E-state index in [2.05, 4.69) is 30.0 Å². The molecule has 21 heavy (non-hydrogen) atoms. The van der Waals surface area contributed by atoms with E-state index < -0.39 is 0 Å². The van der Waals surface area contributed by atoms with Gasteiger partial charge in [0.15, 0.2) is 0 Å². The fraction of sp³-hybridized carbons (Fsp3) is 0.625. The van der Waals surface area contributed by atoms with Crippen LogP contribution in [0.15, 0.2) is 18.2 Å². The van der Waals surface area contributed by atoms with Gasteiger partial charge in [0.05, 0.1) is 20.3 Å². The average Bonchev–Trinajstić information content (AvgIpc) is 2.98. The van der Waals surface area contributed by atoms with Crippen LogP contribution in [-0.4, -0.2) is 63.8 Å². The summed E-state index contributed by atoms with van der Waals surface area (Å²) in [6.07, 6.45) is 1.18. The van der Waals surface area contributed by atoms with Gasteiger partial charge in [-0.3, -0.25) is 4.90 Å². The quantitative estimate of drug-likeness (QED) is 0.858. The van der Waals surface area contributed by atoms with E-state index in [1.54, 1.807) is 14.2 Å². The maximum atomic E-state index is 6.06. The average molecular weight is 293 g/mol. The van der Waals surface area contributed by atoms with Crippen molar-refractivity contribution in [2.45, 2.75) is 18.5 Å². The van der Waals surface area contributed by atoms with Crippen LogP contribution in [0.5, 0.6) is 11.5 Å². The van der Waals surface area contributed by atoms with Crippen molar-refractivity contribution in [3.8, 4) is 11.5 Å². The standard InChI is InChI=1S/C16H27N3O2/c1-18(2)12-7-8-19(11-12)15(10-17)14-6-5-13(20-3)9-16(14)21-4/h5-6,9,12,15H,7-8,10-11,17H2,1-4H3. The van der Waals surface area contributed by atoms with Crippen molar-refractivity contribution in [2.75, 3.05) is 47.9 Å². The van der Waals surface area contributed by atoms with Crippen molar-refractivity contribution >= 4 is 0 Å². The van der Waals surface area contributed by atoms with Gasteiger partial charge in [-0.25, -0.2) is 0 Å². The van der Waals surface area contributed by atoms with Crippen LogP contribution in [0.4, 0.5) is 0 Å². The molecule has 0 spiro atoms. The lowest BCUT2D eigenvalue weighted by atomic mass is 10.0. The highest BCUT2D eigenvalue weighted by atomic mass is 16.5. The van der Waals surface area contributed by atoms with Gasteiger partial charge in [-0.05, 0) is 26.6 Å². The van der Waals surface area contributed by atoms with E-state index in [4.69, 9.17) is 15.2 Å². The van der Waals surface area contributed by atoms with Gasteiger partial charge in [-0.15, -0.1) is 0 Å². The van der Waals surface area contributed by atoms with Crippen LogP contribution in [0.1, 0.15) is 18.0 Å². The smallest absolute Gasteiger partial charge is 0.127 e. The van der Waals surface area contributed by atoms with Gasteiger partial charge in [-0.1, -0.05) is 6.07 Å². The SMILES string of the molecule is COc1ccc(C(CN)N2CCC(N(C)C)C2)c(OC)c1. The second-order valence-electron chi connectivity index (χ2n) is 5.76. The molecule has 0 amide bonds. The van der Waals surface area contributed by atoms with Crippen molar-refractivity contribution in [2.24, 2.45) is 5.73 Å². The van der Waals surface area contributed by atoms with Crippen LogP contribution in [0.25, 0.3) is 0 Å². The third kappa shape index (κ3) is 3.48. The molecule has 1 aliphatic rings. The van der Waals surface area contributed by atoms with E-state index in [1.807, 2.05) is 12.1 Å². The summed E-state index contributed by atoms with van der Waals surface area (Å²) in [6, 6.07) is 6.76. The molecular weight excluding hydrogens is 266 g/mol. The first-order chi connectivity index (χ1) is 10.1. The zero-order chi connectivity index (χ0) is 15.4.